The Kier molecular flexibility index (Phi) is 7.68. The summed E-state index contributed by atoms with van der Waals surface area (Å²) < 4.78 is 63.2. The molecule has 0 spiro atoms. The largest absolute Gasteiger partial charge is 0.375 e. The van der Waals surface area contributed by atoms with Gasteiger partial charge in [0.1, 0.15) is 11.6 Å². The van der Waals surface area contributed by atoms with Crippen LogP contribution in [0.2, 0.25) is 0 Å². The van der Waals surface area contributed by atoms with Crippen LogP contribution in [0.4, 0.5) is 17.6 Å². The van der Waals surface area contributed by atoms with E-state index in [-0.39, 0.29) is 17.6 Å². The van der Waals surface area contributed by atoms with Gasteiger partial charge in [-0.05, 0) is 49.4 Å². The number of hydrogen-bond donors (Lipinski definition) is 3. The molecule has 0 aromatic heterocycles. The highest BCUT2D eigenvalue weighted by molar-refractivity contribution is 7.78. The van der Waals surface area contributed by atoms with E-state index in [4.69, 9.17) is 4.74 Å². The summed E-state index contributed by atoms with van der Waals surface area (Å²) in [6, 6.07) is 8.48. The molecule has 170 valence electrons. The molecule has 2 aliphatic heterocycles. The van der Waals surface area contributed by atoms with Crippen LogP contribution in [0.3, 0.4) is 0 Å². The standard InChI is InChI=1S/C17H16F4N2S.C6H12O/c18-12-5-1-3-10(7-12)13-6-2-4-11(15(13)19)8-14-16(23-24)17(20,21)9-22-14;1-3-6(2)4-5-7-6/h1-7,14,16,22-24H,8-9H2;3-5H2,1-2H3. The lowest BCUT2D eigenvalue weighted by Crippen LogP contribution is -2.45. The highest BCUT2D eigenvalue weighted by Gasteiger charge is 2.49. The molecule has 0 amide bonds. The molecule has 0 bridgehead atoms. The molecule has 8 heteroatoms. The Morgan fingerprint density at radius 2 is 1.90 bits per heavy atom. The topological polar surface area (TPSA) is 33.3 Å². The van der Waals surface area contributed by atoms with Gasteiger partial charge in [0.15, 0.2) is 0 Å². The Labute approximate surface area is 186 Å². The fourth-order valence-corrected chi connectivity index (χ4v) is 4.12. The summed E-state index contributed by atoms with van der Waals surface area (Å²) in [5.41, 5.74) is 1.20. The van der Waals surface area contributed by atoms with Gasteiger partial charge in [-0.25, -0.2) is 17.6 Å². The molecule has 3 atom stereocenters. The average molecular weight is 457 g/mol. The molecule has 3 unspecified atom stereocenters. The van der Waals surface area contributed by atoms with Gasteiger partial charge in [-0.3, -0.25) is 4.72 Å². The first-order chi connectivity index (χ1) is 14.7. The lowest BCUT2D eigenvalue weighted by molar-refractivity contribution is -0.135. The van der Waals surface area contributed by atoms with Gasteiger partial charge in [0, 0.05) is 11.6 Å². The minimum atomic E-state index is -2.96. The molecule has 0 saturated carbocycles. The van der Waals surface area contributed by atoms with E-state index in [0.717, 1.165) is 13.0 Å². The van der Waals surface area contributed by atoms with Gasteiger partial charge in [-0.2, -0.15) is 0 Å². The first-order valence-electron chi connectivity index (χ1n) is 10.4. The molecule has 31 heavy (non-hydrogen) atoms. The van der Waals surface area contributed by atoms with Crippen LogP contribution < -0.4 is 10.0 Å². The van der Waals surface area contributed by atoms with Crippen LogP contribution in [0.5, 0.6) is 0 Å². The van der Waals surface area contributed by atoms with E-state index in [1.807, 2.05) is 0 Å². The smallest absolute Gasteiger partial charge is 0.277 e. The second-order valence-corrected chi connectivity index (χ2v) is 8.51. The number of thiol groups is 1. The molecule has 2 aromatic carbocycles. The molecule has 2 N–H and O–H groups in total. The number of rotatable bonds is 5. The zero-order chi connectivity index (χ0) is 22.6. The number of alkyl halides is 2. The maximum Gasteiger partial charge on any atom is 0.277 e. The Morgan fingerprint density at radius 1 is 1.19 bits per heavy atom. The zero-order valence-electron chi connectivity index (χ0n) is 17.6. The number of halogens is 4. The average Bonchev–Trinajstić information content (AvgIpc) is 3.01. The molecule has 0 aliphatic carbocycles. The summed E-state index contributed by atoms with van der Waals surface area (Å²) in [5, 5.41) is 2.70. The first-order valence-corrected chi connectivity index (χ1v) is 10.8. The van der Waals surface area contributed by atoms with Crippen molar-refractivity contribution in [1.29, 1.82) is 0 Å². The maximum absolute atomic E-state index is 14.8. The molecule has 2 aliphatic rings. The van der Waals surface area contributed by atoms with Crippen molar-refractivity contribution in [1.82, 2.24) is 10.0 Å². The van der Waals surface area contributed by atoms with Gasteiger partial charge in [0.25, 0.3) is 5.92 Å². The Morgan fingerprint density at radius 3 is 2.45 bits per heavy atom. The summed E-state index contributed by atoms with van der Waals surface area (Å²) in [7, 11) is 0. The van der Waals surface area contributed by atoms with Crippen molar-refractivity contribution in [3.05, 3.63) is 59.7 Å². The second-order valence-electron chi connectivity index (χ2n) is 8.25. The summed E-state index contributed by atoms with van der Waals surface area (Å²) in [6.07, 6.45) is 2.49. The molecule has 2 heterocycles. The first kappa shape index (κ1) is 24.0. The van der Waals surface area contributed by atoms with Crippen LogP contribution >= 0.6 is 12.8 Å². The predicted octanol–water partition coefficient (Wildman–Crippen LogP) is 5.16. The normalized spacial score (nSPS) is 26.7. The van der Waals surface area contributed by atoms with Crippen molar-refractivity contribution in [2.75, 3.05) is 13.2 Å². The van der Waals surface area contributed by atoms with E-state index >= 15 is 0 Å². The summed E-state index contributed by atoms with van der Waals surface area (Å²) in [6.45, 7) is 4.82. The van der Waals surface area contributed by atoms with Crippen molar-refractivity contribution in [2.45, 2.75) is 56.7 Å². The zero-order valence-corrected chi connectivity index (χ0v) is 18.5. The number of ether oxygens (including phenoxy) is 1. The van der Waals surface area contributed by atoms with Crippen LogP contribution in [-0.2, 0) is 11.2 Å². The fourth-order valence-electron chi connectivity index (χ4n) is 3.75. The highest BCUT2D eigenvalue weighted by Crippen LogP contribution is 2.31. The molecule has 3 nitrogen and oxygen atoms in total. The van der Waals surface area contributed by atoms with E-state index in [9.17, 15) is 17.6 Å². The van der Waals surface area contributed by atoms with E-state index in [0.29, 0.717) is 11.1 Å². The molecular formula is C23H28F4N2OS. The lowest BCUT2D eigenvalue weighted by atomic mass is 9.95. The predicted molar refractivity (Wildman–Crippen MR) is 117 cm³/mol. The van der Waals surface area contributed by atoms with Gasteiger partial charge in [-0.1, -0.05) is 50.1 Å². The van der Waals surface area contributed by atoms with Crippen LogP contribution in [0, 0.1) is 11.6 Å². The SMILES string of the molecule is CCC1(C)CCO1.Fc1cccc(-c2cccc(CC3NCC(F)(F)C3NS)c2F)c1. The van der Waals surface area contributed by atoms with Crippen molar-refractivity contribution in [2.24, 2.45) is 0 Å². The van der Waals surface area contributed by atoms with Crippen molar-refractivity contribution < 1.29 is 22.3 Å². The maximum atomic E-state index is 14.8. The Bertz CT molecular complexity index is 886. The Balaban J connectivity index is 0.000000330. The summed E-state index contributed by atoms with van der Waals surface area (Å²) in [5.74, 6) is -3.95. The summed E-state index contributed by atoms with van der Waals surface area (Å²) in [4.78, 5) is 0. The minimum Gasteiger partial charge on any atom is -0.375 e. The van der Waals surface area contributed by atoms with Gasteiger partial charge >= 0.3 is 0 Å². The lowest BCUT2D eigenvalue weighted by Gasteiger charge is -2.37. The Hall–Kier alpha value is -1.61. The minimum absolute atomic E-state index is 0.0722. The van der Waals surface area contributed by atoms with Crippen LogP contribution in [0.25, 0.3) is 11.1 Å². The van der Waals surface area contributed by atoms with Crippen LogP contribution in [0.1, 0.15) is 32.3 Å². The van der Waals surface area contributed by atoms with E-state index in [1.54, 1.807) is 24.3 Å². The second kappa shape index (κ2) is 9.90. The third kappa shape index (κ3) is 5.61. The molecule has 0 radical (unpaired) electrons. The molecule has 2 aromatic rings. The van der Waals surface area contributed by atoms with Gasteiger partial charge in [-0.15, -0.1) is 0 Å². The van der Waals surface area contributed by atoms with Gasteiger partial charge in [0.05, 0.1) is 24.8 Å². The van der Waals surface area contributed by atoms with Crippen molar-refractivity contribution >= 4 is 12.8 Å². The van der Waals surface area contributed by atoms with Crippen molar-refractivity contribution in [3.8, 4) is 11.1 Å². The molecule has 4 rings (SSSR count). The molecule has 2 saturated heterocycles. The monoisotopic (exact) mass is 456 g/mol. The number of nitrogens with one attached hydrogen (secondary N) is 2. The van der Waals surface area contributed by atoms with Gasteiger partial charge < -0.3 is 10.1 Å². The third-order valence-corrected chi connectivity index (χ3v) is 6.36. The van der Waals surface area contributed by atoms with E-state index < -0.39 is 36.2 Å². The van der Waals surface area contributed by atoms with E-state index in [1.165, 1.54) is 24.6 Å². The van der Waals surface area contributed by atoms with E-state index in [2.05, 4.69) is 36.7 Å². The van der Waals surface area contributed by atoms with Gasteiger partial charge in [0.2, 0.25) is 0 Å². The van der Waals surface area contributed by atoms with Crippen molar-refractivity contribution in [3.63, 3.8) is 0 Å². The fraction of sp³-hybridized carbons (Fsp3) is 0.478. The van der Waals surface area contributed by atoms with Crippen LogP contribution in [-0.4, -0.2) is 36.8 Å². The van der Waals surface area contributed by atoms with Crippen LogP contribution in [0.15, 0.2) is 42.5 Å². The summed E-state index contributed by atoms with van der Waals surface area (Å²) >= 11 is 3.76. The molecular weight excluding hydrogens is 428 g/mol. The number of hydrogen-bond acceptors (Lipinski definition) is 4. The molecule has 2 fully saturated rings. The number of benzene rings is 2. The third-order valence-electron chi connectivity index (χ3n) is 6.08. The highest BCUT2D eigenvalue weighted by atomic mass is 32.1. The quantitative estimate of drug-likeness (QED) is 0.429.